The Balaban J connectivity index is 1.82. The van der Waals surface area contributed by atoms with Crippen molar-refractivity contribution in [3.63, 3.8) is 0 Å². The van der Waals surface area contributed by atoms with E-state index < -0.39 is 9.84 Å². The summed E-state index contributed by atoms with van der Waals surface area (Å²) in [5, 5.41) is 6.37. The van der Waals surface area contributed by atoms with Gasteiger partial charge in [-0.15, -0.1) is 11.3 Å². The van der Waals surface area contributed by atoms with E-state index in [2.05, 4.69) is 15.2 Å². The number of sulfone groups is 1. The zero-order valence-electron chi connectivity index (χ0n) is 11.7. The minimum Gasteiger partial charge on any atom is -0.346 e. The summed E-state index contributed by atoms with van der Waals surface area (Å²) in [6.45, 7) is 3.91. The van der Waals surface area contributed by atoms with Crippen LogP contribution in [0, 0.1) is 0 Å². The van der Waals surface area contributed by atoms with Crippen molar-refractivity contribution < 1.29 is 8.42 Å². The molecule has 2 aromatic rings. The summed E-state index contributed by atoms with van der Waals surface area (Å²) in [6, 6.07) is 6.89. The summed E-state index contributed by atoms with van der Waals surface area (Å²) in [5.41, 5.74) is 1.84. The maximum Gasteiger partial charge on any atom is 0.185 e. The lowest BCUT2D eigenvalue weighted by Crippen LogP contribution is -2.43. The molecular weight excluding hydrogens is 306 g/mol. The van der Waals surface area contributed by atoms with Gasteiger partial charge in [0.25, 0.3) is 0 Å². The minimum absolute atomic E-state index is 0.337. The predicted molar refractivity (Wildman–Crippen MR) is 85.7 cm³/mol. The lowest BCUT2D eigenvalue weighted by molar-refractivity contribution is 0.588. The molecule has 21 heavy (non-hydrogen) atoms. The average Bonchev–Trinajstić information content (AvgIpc) is 2.97. The zero-order valence-corrected chi connectivity index (χ0v) is 13.4. The summed E-state index contributed by atoms with van der Waals surface area (Å²) < 4.78 is 22.9. The van der Waals surface area contributed by atoms with Crippen molar-refractivity contribution in [1.29, 1.82) is 0 Å². The fourth-order valence-corrected chi connectivity index (χ4v) is 3.79. The first-order valence-corrected chi connectivity index (χ1v) is 9.53. The van der Waals surface area contributed by atoms with Crippen LogP contribution in [0.15, 0.2) is 34.5 Å². The van der Waals surface area contributed by atoms with Crippen LogP contribution in [0.1, 0.15) is 0 Å². The van der Waals surface area contributed by atoms with E-state index in [9.17, 15) is 8.42 Å². The SMILES string of the molecule is CS(=O)(=O)c1ccc(-c2csc(N3CCNCC3)n2)cc1. The molecule has 0 saturated carbocycles. The Morgan fingerprint density at radius 2 is 1.86 bits per heavy atom. The van der Waals surface area contributed by atoms with Gasteiger partial charge in [0.05, 0.1) is 10.6 Å². The third-order valence-electron chi connectivity index (χ3n) is 3.46. The number of piperazine rings is 1. The van der Waals surface area contributed by atoms with E-state index in [0.717, 1.165) is 42.6 Å². The van der Waals surface area contributed by atoms with Gasteiger partial charge < -0.3 is 10.2 Å². The van der Waals surface area contributed by atoms with Gasteiger partial charge in [0.2, 0.25) is 0 Å². The molecule has 0 aliphatic carbocycles. The summed E-state index contributed by atoms with van der Waals surface area (Å²) in [4.78, 5) is 7.27. The molecule has 1 saturated heterocycles. The molecule has 112 valence electrons. The van der Waals surface area contributed by atoms with Crippen LogP contribution in [0.5, 0.6) is 0 Å². The van der Waals surface area contributed by atoms with Crippen molar-refractivity contribution >= 4 is 26.3 Å². The third kappa shape index (κ3) is 3.25. The zero-order chi connectivity index (χ0) is 14.9. The first-order valence-electron chi connectivity index (χ1n) is 6.76. The molecule has 5 nitrogen and oxygen atoms in total. The maximum absolute atomic E-state index is 11.5. The molecule has 1 fully saturated rings. The fraction of sp³-hybridized carbons (Fsp3) is 0.357. The normalized spacial score (nSPS) is 16.1. The summed E-state index contributed by atoms with van der Waals surface area (Å²) in [5.74, 6) is 0. The van der Waals surface area contributed by atoms with E-state index in [0.29, 0.717) is 4.90 Å². The molecule has 0 amide bonds. The molecule has 0 unspecified atom stereocenters. The Morgan fingerprint density at radius 3 is 2.48 bits per heavy atom. The largest absolute Gasteiger partial charge is 0.346 e. The summed E-state index contributed by atoms with van der Waals surface area (Å²) in [6.07, 6.45) is 1.22. The van der Waals surface area contributed by atoms with Gasteiger partial charge in [0.1, 0.15) is 0 Å². The Morgan fingerprint density at radius 1 is 1.19 bits per heavy atom. The van der Waals surface area contributed by atoms with E-state index in [4.69, 9.17) is 0 Å². The number of hydrogen-bond donors (Lipinski definition) is 1. The number of rotatable bonds is 3. The van der Waals surface area contributed by atoms with Crippen molar-refractivity contribution in [2.24, 2.45) is 0 Å². The standard InChI is InChI=1S/C14H17N3O2S2/c1-21(18,19)12-4-2-11(3-5-12)13-10-20-14(16-13)17-8-6-15-7-9-17/h2-5,10,15H,6-9H2,1H3. The van der Waals surface area contributed by atoms with Crippen LogP contribution < -0.4 is 10.2 Å². The van der Waals surface area contributed by atoms with Gasteiger partial charge in [-0.05, 0) is 12.1 Å². The fourth-order valence-electron chi connectivity index (χ4n) is 2.27. The van der Waals surface area contributed by atoms with E-state index in [1.165, 1.54) is 6.26 Å². The topological polar surface area (TPSA) is 62.3 Å². The highest BCUT2D eigenvalue weighted by atomic mass is 32.2. The lowest BCUT2D eigenvalue weighted by Gasteiger charge is -2.26. The number of aromatic nitrogens is 1. The highest BCUT2D eigenvalue weighted by molar-refractivity contribution is 7.90. The molecule has 0 bridgehead atoms. The third-order valence-corrected chi connectivity index (χ3v) is 5.49. The molecule has 1 aromatic heterocycles. The van der Waals surface area contributed by atoms with Crippen LogP contribution in [0.3, 0.4) is 0 Å². The molecule has 7 heteroatoms. The second-order valence-corrected chi connectivity index (χ2v) is 7.90. The molecule has 2 heterocycles. The van der Waals surface area contributed by atoms with Gasteiger partial charge in [-0.2, -0.15) is 0 Å². The van der Waals surface area contributed by atoms with Gasteiger partial charge >= 0.3 is 0 Å². The van der Waals surface area contributed by atoms with Gasteiger partial charge in [-0.3, -0.25) is 0 Å². The Labute approximate surface area is 128 Å². The highest BCUT2D eigenvalue weighted by Crippen LogP contribution is 2.28. The van der Waals surface area contributed by atoms with Crippen molar-refractivity contribution in [3.05, 3.63) is 29.6 Å². The van der Waals surface area contributed by atoms with Gasteiger partial charge in [0.15, 0.2) is 15.0 Å². The Bertz CT molecular complexity index is 717. The van der Waals surface area contributed by atoms with Crippen molar-refractivity contribution in [2.75, 3.05) is 37.3 Å². The average molecular weight is 323 g/mol. The van der Waals surface area contributed by atoms with Crippen LogP contribution in [-0.4, -0.2) is 45.8 Å². The molecule has 3 rings (SSSR count). The monoisotopic (exact) mass is 323 g/mol. The second kappa shape index (κ2) is 5.75. The molecule has 1 aliphatic rings. The van der Waals surface area contributed by atoms with E-state index in [1.54, 1.807) is 23.5 Å². The van der Waals surface area contributed by atoms with Crippen molar-refractivity contribution in [1.82, 2.24) is 10.3 Å². The van der Waals surface area contributed by atoms with Gasteiger partial charge in [0, 0.05) is 43.4 Å². The second-order valence-electron chi connectivity index (χ2n) is 5.05. The lowest BCUT2D eigenvalue weighted by atomic mass is 10.2. The first-order chi connectivity index (χ1) is 10.0. The number of thiazole rings is 1. The smallest absolute Gasteiger partial charge is 0.185 e. The van der Waals surface area contributed by atoms with Gasteiger partial charge in [-0.1, -0.05) is 12.1 Å². The molecule has 1 N–H and O–H groups in total. The molecule has 1 aromatic carbocycles. The summed E-state index contributed by atoms with van der Waals surface area (Å²) >= 11 is 1.63. The van der Waals surface area contributed by atoms with Crippen LogP contribution in [-0.2, 0) is 9.84 Å². The van der Waals surface area contributed by atoms with Crippen LogP contribution in [0.25, 0.3) is 11.3 Å². The number of benzene rings is 1. The van der Waals surface area contributed by atoms with Gasteiger partial charge in [-0.25, -0.2) is 13.4 Å². The van der Waals surface area contributed by atoms with Crippen LogP contribution in [0.4, 0.5) is 5.13 Å². The maximum atomic E-state index is 11.5. The Kier molecular flexibility index (Phi) is 3.97. The first kappa shape index (κ1) is 14.5. The van der Waals surface area contributed by atoms with Crippen molar-refractivity contribution in [3.8, 4) is 11.3 Å². The number of anilines is 1. The quantitative estimate of drug-likeness (QED) is 0.930. The van der Waals surface area contributed by atoms with Crippen LogP contribution in [0.2, 0.25) is 0 Å². The molecule has 0 atom stereocenters. The number of nitrogens with one attached hydrogen (secondary N) is 1. The number of hydrogen-bond acceptors (Lipinski definition) is 6. The summed E-state index contributed by atoms with van der Waals surface area (Å²) in [7, 11) is -3.15. The minimum atomic E-state index is -3.15. The molecule has 0 radical (unpaired) electrons. The van der Waals surface area contributed by atoms with E-state index in [-0.39, 0.29) is 0 Å². The highest BCUT2D eigenvalue weighted by Gasteiger charge is 2.15. The molecule has 0 spiro atoms. The molecule has 1 aliphatic heterocycles. The van der Waals surface area contributed by atoms with E-state index >= 15 is 0 Å². The number of nitrogens with zero attached hydrogens (tertiary/aromatic N) is 2. The van der Waals surface area contributed by atoms with E-state index in [1.807, 2.05) is 17.5 Å². The predicted octanol–water partition coefficient (Wildman–Crippen LogP) is 1.62. The Hall–Kier alpha value is -1.44. The van der Waals surface area contributed by atoms with Crippen molar-refractivity contribution in [2.45, 2.75) is 4.90 Å². The van der Waals surface area contributed by atoms with Crippen LogP contribution >= 0.6 is 11.3 Å². The molecular formula is C14H17N3O2S2.